The third-order valence-corrected chi connectivity index (χ3v) is 8.97. The van der Waals surface area contributed by atoms with Crippen LogP contribution in [0, 0.1) is 0 Å². The monoisotopic (exact) mass is 667 g/mol. The summed E-state index contributed by atoms with van der Waals surface area (Å²) in [6.45, 7) is 22.6. The van der Waals surface area contributed by atoms with Gasteiger partial charge in [-0.1, -0.05) is 80.1 Å². The molecule has 0 N–H and O–H groups in total. The van der Waals surface area contributed by atoms with E-state index in [9.17, 15) is 9.59 Å². The van der Waals surface area contributed by atoms with E-state index >= 15 is 0 Å². The minimum Gasteiger partial charge on any atom is -0.444 e. The Morgan fingerprint density at radius 3 is 2.33 bits per heavy atom. The topological polar surface area (TPSA) is 80.6 Å². The first-order valence-corrected chi connectivity index (χ1v) is 16.9. The minimum absolute atomic E-state index is 0.119. The van der Waals surface area contributed by atoms with Gasteiger partial charge in [0.1, 0.15) is 11.4 Å². The van der Waals surface area contributed by atoms with Crippen molar-refractivity contribution in [1.82, 2.24) is 19.4 Å². The standard InChI is InChI=1S/C39H46ClN5O3/c1-10-15-27-17-12-13-19-30(27)33-32(40)21-31-35(43-22-26(6)44(23-25(43)5)38(47)48-39(7,8)9)42-37(46)45(36(31)41-33)34-28(16-11-2)18-14-20-29(34)24(3)4/h10-14,17-21,24-26H,1-2,15-16,22-23H2,3-9H3/t25-,26+/m0/s1. The van der Waals surface area contributed by atoms with Gasteiger partial charge in [-0.3, -0.25) is 0 Å². The van der Waals surface area contributed by atoms with E-state index < -0.39 is 11.3 Å². The van der Waals surface area contributed by atoms with E-state index in [-0.39, 0.29) is 24.1 Å². The number of aromatic nitrogens is 3. The van der Waals surface area contributed by atoms with Gasteiger partial charge in [-0.2, -0.15) is 4.98 Å². The molecule has 3 heterocycles. The molecule has 1 amide bonds. The van der Waals surface area contributed by atoms with E-state index in [2.05, 4.69) is 38.0 Å². The fraction of sp³-hybridized carbons (Fsp3) is 0.385. The molecule has 0 unspecified atom stereocenters. The maximum Gasteiger partial charge on any atom is 0.410 e. The number of hydrogen-bond acceptors (Lipinski definition) is 6. The van der Waals surface area contributed by atoms with Gasteiger partial charge in [0.2, 0.25) is 0 Å². The Hall–Kier alpha value is -4.43. The molecular formula is C39H46ClN5O3. The average molecular weight is 668 g/mol. The fourth-order valence-electron chi connectivity index (χ4n) is 6.47. The number of rotatable bonds is 8. The van der Waals surface area contributed by atoms with Crippen LogP contribution in [0.4, 0.5) is 10.6 Å². The summed E-state index contributed by atoms with van der Waals surface area (Å²) in [5.74, 6) is 0.607. The Balaban J connectivity index is 1.79. The summed E-state index contributed by atoms with van der Waals surface area (Å²) in [5.41, 5.74) is 4.61. The van der Waals surface area contributed by atoms with Crippen LogP contribution in [-0.4, -0.2) is 56.3 Å². The van der Waals surface area contributed by atoms with Gasteiger partial charge in [0.05, 0.1) is 21.8 Å². The molecular weight excluding hydrogens is 622 g/mol. The molecule has 2 atom stereocenters. The molecule has 1 aliphatic rings. The van der Waals surface area contributed by atoms with Crippen LogP contribution < -0.4 is 10.6 Å². The summed E-state index contributed by atoms with van der Waals surface area (Å²) in [5, 5.41) is 1.10. The molecule has 0 spiro atoms. The van der Waals surface area contributed by atoms with Crippen molar-refractivity contribution in [2.45, 2.75) is 84.9 Å². The number of carbonyl (C=O) groups excluding carboxylic acids is 1. The Labute approximate surface area is 288 Å². The second-order valence-electron chi connectivity index (χ2n) is 13.9. The van der Waals surface area contributed by atoms with Gasteiger partial charge >= 0.3 is 11.8 Å². The summed E-state index contributed by atoms with van der Waals surface area (Å²) >= 11 is 7.11. The van der Waals surface area contributed by atoms with Crippen molar-refractivity contribution in [2.24, 2.45) is 0 Å². The van der Waals surface area contributed by atoms with E-state index in [1.807, 2.05) is 89.2 Å². The van der Waals surface area contributed by atoms with E-state index in [4.69, 9.17) is 26.3 Å². The number of piperazine rings is 1. The normalized spacial score (nSPS) is 16.8. The number of amides is 1. The second-order valence-corrected chi connectivity index (χ2v) is 14.3. The maximum absolute atomic E-state index is 14.5. The molecule has 0 saturated carbocycles. The van der Waals surface area contributed by atoms with Gasteiger partial charge in [0.25, 0.3) is 0 Å². The minimum atomic E-state index is -0.611. The molecule has 8 nitrogen and oxygen atoms in total. The fourth-order valence-corrected chi connectivity index (χ4v) is 6.72. The molecule has 0 aliphatic carbocycles. The number of benzene rings is 2. The number of carbonyl (C=O) groups is 1. The van der Waals surface area contributed by atoms with Gasteiger partial charge in [-0.15, -0.1) is 13.2 Å². The first-order chi connectivity index (χ1) is 22.7. The Morgan fingerprint density at radius 2 is 1.67 bits per heavy atom. The largest absolute Gasteiger partial charge is 0.444 e. The Bertz CT molecular complexity index is 1930. The zero-order valence-electron chi connectivity index (χ0n) is 29.1. The highest BCUT2D eigenvalue weighted by molar-refractivity contribution is 6.34. The molecule has 4 aromatic rings. The molecule has 1 saturated heterocycles. The first-order valence-electron chi connectivity index (χ1n) is 16.6. The lowest BCUT2D eigenvalue weighted by atomic mass is 9.96. The van der Waals surface area contributed by atoms with Crippen molar-refractivity contribution in [3.05, 3.63) is 106 Å². The third kappa shape index (κ3) is 6.90. The number of fused-ring (bicyclic) bond motifs is 1. The van der Waals surface area contributed by atoms with Crippen LogP contribution >= 0.6 is 11.6 Å². The zero-order chi connectivity index (χ0) is 34.9. The molecule has 0 bridgehead atoms. The van der Waals surface area contributed by atoms with Crippen molar-refractivity contribution in [3.8, 4) is 16.9 Å². The van der Waals surface area contributed by atoms with Gasteiger partial charge in [-0.05, 0) is 76.1 Å². The highest BCUT2D eigenvalue weighted by Crippen LogP contribution is 2.37. The van der Waals surface area contributed by atoms with Gasteiger partial charge in [-0.25, -0.2) is 19.1 Å². The van der Waals surface area contributed by atoms with Crippen molar-refractivity contribution < 1.29 is 9.53 Å². The molecule has 48 heavy (non-hydrogen) atoms. The van der Waals surface area contributed by atoms with Crippen LogP contribution in [0.2, 0.25) is 5.02 Å². The predicted molar refractivity (Wildman–Crippen MR) is 197 cm³/mol. The quantitative estimate of drug-likeness (QED) is 0.175. The number of allylic oxidation sites excluding steroid dienone is 2. The maximum atomic E-state index is 14.5. The molecule has 1 aliphatic heterocycles. The lowest BCUT2D eigenvalue weighted by Gasteiger charge is -2.44. The van der Waals surface area contributed by atoms with Crippen LogP contribution in [0.5, 0.6) is 0 Å². The SMILES string of the molecule is C=CCc1ccccc1-c1nc2c(cc1Cl)c(N1C[C@@H](C)N(C(=O)OC(C)(C)C)C[C@@H]1C)nc(=O)n2-c1c(CC=C)cccc1C(C)C. The van der Waals surface area contributed by atoms with E-state index in [0.29, 0.717) is 53.5 Å². The van der Waals surface area contributed by atoms with E-state index in [1.54, 1.807) is 9.47 Å². The zero-order valence-corrected chi connectivity index (χ0v) is 29.8. The molecule has 0 radical (unpaired) electrons. The summed E-state index contributed by atoms with van der Waals surface area (Å²) in [7, 11) is 0. The van der Waals surface area contributed by atoms with E-state index in [1.165, 1.54) is 0 Å². The highest BCUT2D eigenvalue weighted by atomic mass is 35.5. The van der Waals surface area contributed by atoms with Crippen LogP contribution in [-0.2, 0) is 17.6 Å². The van der Waals surface area contributed by atoms with Gasteiger partial charge < -0.3 is 14.5 Å². The number of anilines is 1. The summed E-state index contributed by atoms with van der Waals surface area (Å²) in [6.07, 6.45) is 4.53. The lowest BCUT2D eigenvalue weighted by molar-refractivity contribution is 0.0130. The molecule has 252 valence electrons. The van der Waals surface area contributed by atoms with Crippen molar-refractivity contribution in [3.63, 3.8) is 0 Å². The molecule has 2 aromatic heterocycles. The second kappa shape index (κ2) is 14.0. The lowest BCUT2D eigenvalue weighted by Crippen LogP contribution is -2.59. The number of ether oxygens (including phenoxy) is 1. The number of nitrogens with zero attached hydrogens (tertiary/aromatic N) is 5. The summed E-state index contributed by atoms with van der Waals surface area (Å²) in [4.78, 5) is 41.4. The summed E-state index contributed by atoms with van der Waals surface area (Å²) < 4.78 is 7.36. The van der Waals surface area contributed by atoms with Crippen molar-refractivity contribution in [2.75, 3.05) is 18.0 Å². The first kappa shape index (κ1) is 34.9. The Morgan fingerprint density at radius 1 is 1.00 bits per heavy atom. The smallest absolute Gasteiger partial charge is 0.410 e. The highest BCUT2D eigenvalue weighted by Gasteiger charge is 2.36. The number of hydrogen-bond donors (Lipinski definition) is 0. The van der Waals surface area contributed by atoms with Gasteiger partial charge in [0, 0.05) is 30.7 Å². The van der Waals surface area contributed by atoms with E-state index in [0.717, 1.165) is 27.9 Å². The number of halogens is 1. The van der Waals surface area contributed by atoms with Gasteiger partial charge in [0.15, 0.2) is 5.65 Å². The van der Waals surface area contributed by atoms with Crippen LogP contribution in [0.25, 0.3) is 28.0 Å². The summed E-state index contributed by atoms with van der Waals surface area (Å²) in [6, 6.07) is 15.6. The number of pyridine rings is 1. The number of para-hydroxylation sites is 1. The van der Waals surface area contributed by atoms with Crippen LogP contribution in [0.1, 0.15) is 71.1 Å². The van der Waals surface area contributed by atoms with Crippen molar-refractivity contribution in [1.29, 1.82) is 0 Å². The molecule has 2 aromatic carbocycles. The third-order valence-electron chi connectivity index (χ3n) is 8.68. The molecule has 5 rings (SSSR count). The van der Waals surface area contributed by atoms with Crippen LogP contribution in [0.3, 0.4) is 0 Å². The molecule has 1 fully saturated rings. The van der Waals surface area contributed by atoms with Crippen LogP contribution in [0.15, 0.2) is 78.6 Å². The van der Waals surface area contributed by atoms with Crippen molar-refractivity contribution >= 4 is 34.5 Å². The molecule has 9 heteroatoms. The predicted octanol–water partition coefficient (Wildman–Crippen LogP) is 8.52. The Kier molecular flexibility index (Phi) is 10.2. The average Bonchev–Trinajstić information content (AvgIpc) is 3.01.